The van der Waals surface area contributed by atoms with Gasteiger partial charge in [-0.25, -0.2) is 0 Å². The summed E-state index contributed by atoms with van der Waals surface area (Å²) in [5.41, 5.74) is 2.90. The van der Waals surface area contributed by atoms with Crippen LogP contribution in [-0.4, -0.2) is 30.6 Å². The Morgan fingerprint density at radius 2 is 1.80 bits per heavy atom. The SMILES string of the molecule is CCCNCCc1ccc(CN2CC(C)CC2C)cc1. The molecule has 0 spiro atoms. The van der Waals surface area contributed by atoms with Gasteiger partial charge in [0.05, 0.1) is 0 Å². The molecule has 1 aromatic rings. The molecule has 1 N–H and O–H groups in total. The molecule has 1 heterocycles. The van der Waals surface area contributed by atoms with Crippen molar-refractivity contribution in [2.75, 3.05) is 19.6 Å². The van der Waals surface area contributed by atoms with Gasteiger partial charge in [-0.15, -0.1) is 0 Å². The Bertz CT molecular complexity index is 385. The molecule has 2 heteroatoms. The van der Waals surface area contributed by atoms with E-state index in [9.17, 15) is 0 Å². The van der Waals surface area contributed by atoms with Crippen molar-refractivity contribution in [3.8, 4) is 0 Å². The van der Waals surface area contributed by atoms with E-state index < -0.39 is 0 Å². The van der Waals surface area contributed by atoms with Crippen LogP contribution in [0.25, 0.3) is 0 Å². The van der Waals surface area contributed by atoms with Crippen molar-refractivity contribution in [2.45, 2.75) is 52.6 Å². The fraction of sp³-hybridized carbons (Fsp3) is 0.667. The molecule has 1 aliphatic heterocycles. The van der Waals surface area contributed by atoms with Gasteiger partial charge in [0.1, 0.15) is 0 Å². The fourth-order valence-corrected chi connectivity index (χ4v) is 3.19. The molecule has 1 saturated heterocycles. The Kier molecular flexibility index (Phi) is 6.06. The lowest BCUT2D eigenvalue weighted by Crippen LogP contribution is -2.26. The van der Waals surface area contributed by atoms with Gasteiger partial charge in [-0.05, 0) is 56.3 Å². The third-order valence-electron chi connectivity index (χ3n) is 4.34. The van der Waals surface area contributed by atoms with Crippen molar-refractivity contribution in [2.24, 2.45) is 5.92 Å². The lowest BCUT2D eigenvalue weighted by atomic mass is 10.1. The van der Waals surface area contributed by atoms with Crippen LogP contribution in [0.1, 0.15) is 44.7 Å². The van der Waals surface area contributed by atoms with Crippen molar-refractivity contribution >= 4 is 0 Å². The van der Waals surface area contributed by atoms with Gasteiger partial charge in [0.25, 0.3) is 0 Å². The summed E-state index contributed by atoms with van der Waals surface area (Å²) in [6.07, 6.45) is 3.70. The lowest BCUT2D eigenvalue weighted by molar-refractivity contribution is 0.256. The van der Waals surface area contributed by atoms with E-state index in [2.05, 4.69) is 55.3 Å². The first kappa shape index (κ1) is 15.5. The molecule has 112 valence electrons. The molecule has 2 rings (SSSR count). The van der Waals surface area contributed by atoms with E-state index in [1.807, 2.05) is 0 Å². The summed E-state index contributed by atoms with van der Waals surface area (Å²) in [4.78, 5) is 2.61. The highest BCUT2D eigenvalue weighted by Crippen LogP contribution is 2.24. The van der Waals surface area contributed by atoms with Gasteiger partial charge < -0.3 is 5.32 Å². The van der Waals surface area contributed by atoms with Gasteiger partial charge in [0.15, 0.2) is 0 Å². The van der Waals surface area contributed by atoms with E-state index in [1.165, 1.54) is 30.5 Å². The smallest absolute Gasteiger partial charge is 0.0236 e. The average molecular weight is 274 g/mol. The van der Waals surface area contributed by atoms with Crippen molar-refractivity contribution < 1.29 is 0 Å². The van der Waals surface area contributed by atoms with Gasteiger partial charge in [-0.1, -0.05) is 38.1 Å². The standard InChI is InChI=1S/C18H30N2/c1-4-10-19-11-9-17-5-7-18(8-6-17)14-20-13-15(2)12-16(20)3/h5-8,15-16,19H,4,9-14H2,1-3H3. The summed E-state index contributed by atoms with van der Waals surface area (Å²) in [6.45, 7) is 11.5. The predicted molar refractivity (Wildman–Crippen MR) is 87.0 cm³/mol. The van der Waals surface area contributed by atoms with E-state index in [-0.39, 0.29) is 0 Å². The van der Waals surface area contributed by atoms with E-state index in [0.29, 0.717) is 0 Å². The van der Waals surface area contributed by atoms with Crippen molar-refractivity contribution in [1.29, 1.82) is 0 Å². The fourth-order valence-electron chi connectivity index (χ4n) is 3.19. The molecule has 0 aliphatic carbocycles. The Labute approximate surface area is 124 Å². The topological polar surface area (TPSA) is 15.3 Å². The quantitative estimate of drug-likeness (QED) is 0.766. The highest BCUT2D eigenvalue weighted by atomic mass is 15.2. The molecule has 1 aliphatic rings. The van der Waals surface area contributed by atoms with Crippen molar-refractivity contribution in [1.82, 2.24) is 10.2 Å². The Hall–Kier alpha value is -0.860. The maximum atomic E-state index is 3.46. The molecular weight excluding hydrogens is 244 g/mol. The number of likely N-dealkylation sites (tertiary alicyclic amines) is 1. The van der Waals surface area contributed by atoms with Crippen LogP contribution in [0.15, 0.2) is 24.3 Å². The lowest BCUT2D eigenvalue weighted by Gasteiger charge is -2.21. The number of benzene rings is 1. The normalized spacial score (nSPS) is 23.4. The van der Waals surface area contributed by atoms with Crippen LogP contribution in [0.4, 0.5) is 0 Å². The van der Waals surface area contributed by atoms with Gasteiger partial charge in [-0.2, -0.15) is 0 Å². The number of nitrogens with zero attached hydrogens (tertiary/aromatic N) is 1. The summed E-state index contributed by atoms with van der Waals surface area (Å²) in [7, 11) is 0. The Balaban J connectivity index is 1.79. The van der Waals surface area contributed by atoms with Crippen molar-refractivity contribution in [3.05, 3.63) is 35.4 Å². The van der Waals surface area contributed by atoms with Gasteiger partial charge in [0, 0.05) is 19.1 Å². The monoisotopic (exact) mass is 274 g/mol. The molecule has 0 aromatic heterocycles. The molecule has 1 aromatic carbocycles. The Morgan fingerprint density at radius 3 is 2.40 bits per heavy atom. The van der Waals surface area contributed by atoms with E-state index in [4.69, 9.17) is 0 Å². The Morgan fingerprint density at radius 1 is 1.10 bits per heavy atom. The second kappa shape index (κ2) is 7.80. The van der Waals surface area contributed by atoms with E-state index >= 15 is 0 Å². The van der Waals surface area contributed by atoms with E-state index in [0.717, 1.165) is 38.0 Å². The van der Waals surface area contributed by atoms with E-state index in [1.54, 1.807) is 0 Å². The van der Waals surface area contributed by atoms with Crippen molar-refractivity contribution in [3.63, 3.8) is 0 Å². The first-order chi connectivity index (χ1) is 9.69. The molecule has 0 radical (unpaired) electrons. The minimum atomic E-state index is 0.739. The molecule has 0 bridgehead atoms. The van der Waals surface area contributed by atoms with Crippen LogP contribution in [0.2, 0.25) is 0 Å². The summed E-state index contributed by atoms with van der Waals surface area (Å²) < 4.78 is 0. The molecule has 2 atom stereocenters. The predicted octanol–water partition coefficient (Wildman–Crippen LogP) is 3.46. The third-order valence-corrected chi connectivity index (χ3v) is 4.34. The second-order valence-electron chi connectivity index (χ2n) is 6.44. The first-order valence-electron chi connectivity index (χ1n) is 8.21. The van der Waals surface area contributed by atoms with Crippen LogP contribution >= 0.6 is 0 Å². The van der Waals surface area contributed by atoms with Crippen LogP contribution < -0.4 is 5.32 Å². The highest BCUT2D eigenvalue weighted by molar-refractivity contribution is 5.23. The minimum Gasteiger partial charge on any atom is -0.316 e. The molecular formula is C18H30N2. The molecule has 2 unspecified atom stereocenters. The maximum absolute atomic E-state index is 3.46. The number of nitrogens with one attached hydrogen (secondary N) is 1. The summed E-state index contributed by atoms with van der Waals surface area (Å²) in [6, 6.07) is 9.96. The van der Waals surface area contributed by atoms with Crippen LogP contribution in [0.5, 0.6) is 0 Å². The molecule has 0 amide bonds. The zero-order chi connectivity index (χ0) is 14.4. The molecule has 20 heavy (non-hydrogen) atoms. The van der Waals surface area contributed by atoms with Crippen LogP contribution in [-0.2, 0) is 13.0 Å². The number of hydrogen-bond donors (Lipinski definition) is 1. The minimum absolute atomic E-state index is 0.739. The highest BCUT2D eigenvalue weighted by Gasteiger charge is 2.25. The second-order valence-corrected chi connectivity index (χ2v) is 6.44. The first-order valence-corrected chi connectivity index (χ1v) is 8.21. The average Bonchev–Trinajstić information content (AvgIpc) is 2.75. The zero-order valence-electron chi connectivity index (χ0n) is 13.4. The summed E-state index contributed by atoms with van der Waals surface area (Å²) in [5, 5.41) is 3.46. The molecule has 0 saturated carbocycles. The summed E-state index contributed by atoms with van der Waals surface area (Å²) in [5.74, 6) is 0.855. The largest absolute Gasteiger partial charge is 0.316 e. The van der Waals surface area contributed by atoms with Gasteiger partial charge >= 0.3 is 0 Å². The van der Waals surface area contributed by atoms with Crippen LogP contribution in [0, 0.1) is 5.92 Å². The van der Waals surface area contributed by atoms with Crippen LogP contribution in [0.3, 0.4) is 0 Å². The summed E-state index contributed by atoms with van der Waals surface area (Å²) >= 11 is 0. The zero-order valence-corrected chi connectivity index (χ0v) is 13.4. The van der Waals surface area contributed by atoms with Gasteiger partial charge in [0.2, 0.25) is 0 Å². The molecule has 2 nitrogen and oxygen atoms in total. The third kappa shape index (κ3) is 4.60. The number of hydrogen-bond acceptors (Lipinski definition) is 2. The van der Waals surface area contributed by atoms with Gasteiger partial charge in [-0.3, -0.25) is 4.90 Å². The number of rotatable bonds is 7. The maximum Gasteiger partial charge on any atom is 0.0236 e. The molecule has 1 fully saturated rings.